The molecule has 0 bridgehead atoms. The highest BCUT2D eigenvalue weighted by atomic mass is 32.2. The monoisotopic (exact) mass is 335 g/mol. The highest BCUT2D eigenvalue weighted by molar-refractivity contribution is 7.99. The van der Waals surface area contributed by atoms with Crippen molar-refractivity contribution in [2.24, 2.45) is 0 Å². The fourth-order valence-electron chi connectivity index (χ4n) is 2.53. The van der Waals surface area contributed by atoms with Crippen molar-refractivity contribution >= 4 is 17.5 Å². The van der Waals surface area contributed by atoms with Crippen LogP contribution < -0.4 is 0 Å². The third-order valence-electron chi connectivity index (χ3n) is 3.63. The van der Waals surface area contributed by atoms with Gasteiger partial charge in [0, 0.05) is 12.2 Å². The lowest BCUT2D eigenvalue weighted by atomic mass is 10.2. The number of ketones is 1. The van der Waals surface area contributed by atoms with Crippen LogP contribution in [-0.4, -0.2) is 39.0 Å². The average Bonchev–Trinajstić information content (AvgIpc) is 3.17. The fraction of sp³-hybridized carbons (Fsp3) is 0.438. The van der Waals surface area contributed by atoms with Crippen molar-refractivity contribution in [1.82, 2.24) is 14.8 Å². The molecular formula is C16H18FN3O2S. The van der Waals surface area contributed by atoms with Gasteiger partial charge in [-0.3, -0.25) is 9.36 Å². The maximum Gasteiger partial charge on any atom is 0.192 e. The predicted octanol–water partition coefficient (Wildman–Crippen LogP) is 2.94. The summed E-state index contributed by atoms with van der Waals surface area (Å²) >= 11 is 1.37. The Hall–Kier alpha value is -1.73. The molecule has 1 aromatic heterocycles. The second kappa shape index (κ2) is 7.23. The molecule has 1 aromatic carbocycles. The van der Waals surface area contributed by atoms with Crippen LogP contribution in [0, 0.1) is 5.82 Å². The summed E-state index contributed by atoms with van der Waals surface area (Å²) in [7, 11) is 0. The van der Waals surface area contributed by atoms with Gasteiger partial charge in [-0.15, -0.1) is 10.2 Å². The number of aromatic nitrogens is 3. The summed E-state index contributed by atoms with van der Waals surface area (Å²) in [6.07, 6.45) is 2.17. The number of ether oxygens (including phenoxy) is 1. The zero-order valence-electron chi connectivity index (χ0n) is 12.9. The number of halogens is 1. The lowest BCUT2D eigenvalue weighted by Gasteiger charge is -2.14. The molecule has 0 radical (unpaired) electrons. The van der Waals surface area contributed by atoms with Crippen LogP contribution in [0.25, 0.3) is 11.4 Å². The van der Waals surface area contributed by atoms with E-state index in [9.17, 15) is 9.18 Å². The van der Waals surface area contributed by atoms with Crippen LogP contribution >= 0.6 is 11.8 Å². The lowest BCUT2D eigenvalue weighted by molar-refractivity contribution is -0.114. The molecule has 1 atom stereocenters. The molecule has 122 valence electrons. The van der Waals surface area contributed by atoms with Crippen molar-refractivity contribution in [3.8, 4) is 11.4 Å². The van der Waals surface area contributed by atoms with Gasteiger partial charge >= 0.3 is 0 Å². The van der Waals surface area contributed by atoms with Gasteiger partial charge < -0.3 is 4.74 Å². The van der Waals surface area contributed by atoms with Crippen LogP contribution in [0.3, 0.4) is 0 Å². The number of hydrogen-bond donors (Lipinski definition) is 0. The van der Waals surface area contributed by atoms with E-state index < -0.39 is 0 Å². The minimum absolute atomic E-state index is 0.0880. The number of Topliss-reactive ketones (excluding diaryl/α,β-unsaturated/α-hetero) is 1. The number of carbonyl (C=O) groups is 1. The number of thioether (sulfide) groups is 1. The Bertz CT molecular complexity index is 681. The van der Waals surface area contributed by atoms with Crippen LogP contribution in [-0.2, 0) is 16.1 Å². The van der Waals surface area contributed by atoms with Gasteiger partial charge in [0.05, 0.1) is 18.4 Å². The summed E-state index contributed by atoms with van der Waals surface area (Å²) in [5, 5.41) is 9.13. The smallest absolute Gasteiger partial charge is 0.192 e. The Morgan fingerprint density at radius 2 is 2.17 bits per heavy atom. The van der Waals surface area contributed by atoms with Gasteiger partial charge in [0.2, 0.25) is 0 Å². The Labute approximate surface area is 138 Å². The molecule has 23 heavy (non-hydrogen) atoms. The second-order valence-corrected chi connectivity index (χ2v) is 6.49. The first-order valence-electron chi connectivity index (χ1n) is 7.56. The molecule has 0 aliphatic carbocycles. The predicted molar refractivity (Wildman–Crippen MR) is 85.8 cm³/mol. The topological polar surface area (TPSA) is 57.0 Å². The molecule has 0 saturated carbocycles. The van der Waals surface area contributed by atoms with Crippen LogP contribution in [0.1, 0.15) is 19.8 Å². The van der Waals surface area contributed by atoms with E-state index in [0.717, 1.165) is 25.0 Å². The molecule has 2 aromatic rings. The van der Waals surface area contributed by atoms with Gasteiger partial charge in [0.25, 0.3) is 0 Å². The number of rotatable bonds is 6. The molecule has 0 N–H and O–H groups in total. The van der Waals surface area contributed by atoms with E-state index in [-0.39, 0.29) is 17.7 Å². The second-order valence-electron chi connectivity index (χ2n) is 5.55. The summed E-state index contributed by atoms with van der Waals surface area (Å²) in [4.78, 5) is 11.2. The van der Waals surface area contributed by atoms with Gasteiger partial charge in [0.1, 0.15) is 11.6 Å². The van der Waals surface area contributed by atoms with E-state index in [0.29, 0.717) is 23.3 Å². The highest BCUT2D eigenvalue weighted by Gasteiger charge is 2.22. The molecule has 5 nitrogen and oxygen atoms in total. The minimum Gasteiger partial charge on any atom is -0.376 e. The summed E-state index contributed by atoms with van der Waals surface area (Å²) in [5.74, 6) is 0.828. The van der Waals surface area contributed by atoms with Crippen molar-refractivity contribution in [1.29, 1.82) is 0 Å². The molecule has 1 aliphatic heterocycles. The van der Waals surface area contributed by atoms with E-state index >= 15 is 0 Å². The fourth-order valence-corrected chi connectivity index (χ4v) is 3.28. The molecule has 2 heterocycles. The zero-order valence-corrected chi connectivity index (χ0v) is 13.7. The van der Waals surface area contributed by atoms with Gasteiger partial charge in [-0.1, -0.05) is 11.8 Å². The Morgan fingerprint density at radius 1 is 1.39 bits per heavy atom. The molecule has 3 rings (SSSR count). The normalized spacial score (nSPS) is 17.6. The first-order chi connectivity index (χ1) is 11.1. The first-order valence-corrected chi connectivity index (χ1v) is 8.55. The Balaban J connectivity index is 1.90. The molecule has 0 spiro atoms. The van der Waals surface area contributed by atoms with E-state index in [4.69, 9.17) is 4.74 Å². The molecule has 7 heteroatoms. The number of hydrogen-bond acceptors (Lipinski definition) is 5. The van der Waals surface area contributed by atoms with Crippen molar-refractivity contribution in [2.75, 3.05) is 12.4 Å². The van der Waals surface area contributed by atoms with Crippen molar-refractivity contribution in [3.05, 3.63) is 30.1 Å². The molecule has 1 aliphatic rings. The van der Waals surface area contributed by atoms with Gasteiger partial charge in [-0.2, -0.15) is 0 Å². The highest BCUT2D eigenvalue weighted by Crippen LogP contribution is 2.26. The third-order valence-corrected chi connectivity index (χ3v) is 4.75. The number of benzene rings is 1. The Kier molecular flexibility index (Phi) is 5.07. The van der Waals surface area contributed by atoms with E-state index in [1.807, 2.05) is 4.57 Å². The summed E-state index contributed by atoms with van der Waals surface area (Å²) in [6, 6.07) is 6.18. The Morgan fingerprint density at radius 3 is 2.83 bits per heavy atom. The number of carbonyl (C=O) groups excluding carboxylic acids is 1. The number of nitrogens with zero attached hydrogens (tertiary/aromatic N) is 3. The third kappa shape index (κ3) is 3.97. The maximum absolute atomic E-state index is 13.1. The summed E-state index contributed by atoms with van der Waals surface area (Å²) in [6.45, 7) is 2.96. The zero-order chi connectivity index (χ0) is 16.2. The average molecular weight is 335 g/mol. The largest absolute Gasteiger partial charge is 0.376 e. The maximum atomic E-state index is 13.1. The minimum atomic E-state index is -0.287. The lowest BCUT2D eigenvalue weighted by Crippen LogP contribution is -2.17. The van der Waals surface area contributed by atoms with Crippen LogP contribution in [0.2, 0.25) is 0 Å². The van der Waals surface area contributed by atoms with E-state index in [1.165, 1.54) is 23.9 Å². The summed E-state index contributed by atoms with van der Waals surface area (Å²) in [5.41, 5.74) is 0.798. The van der Waals surface area contributed by atoms with E-state index in [1.54, 1.807) is 19.1 Å². The van der Waals surface area contributed by atoms with E-state index in [2.05, 4.69) is 10.2 Å². The molecule has 1 saturated heterocycles. The van der Waals surface area contributed by atoms with Crippen molar-refractivity contribution in [2.45, 2.75) is 37.6 Å². The van der Waals surface area contributed by atoms with Crippen LogP contribution in [0.4, 0.5) is 4.39 Å². The molecule has 1 unspecified atom stereocenters. The molecule has 0 amide bonds. The van der Waals surface area contributed by atoms with Gasteiger partial charge in [0.15, 0.2) is 11.0 Å². The van der Waals surface area contributed by atoms with Crippen molar-refractivity contribution in [3.63, 3.8) is 0 Å². The van der Waals surface area contributed by atoms with Crippen LogP contribution in [0.15, 0.2) is 29.4 Å². The van der Waals surface area contributed by atoms with Gasteiger partial charge in [-0.25, -0.2) is 4.39 Å². The molecule has 1 fully saturated rings. The summed E-state index contributed by atoms with van der Waals surface area (Å²) < 4.78 is 20.8. The SMILES string of the molecule is CC(=O)CSc1nnc(-c2ccc(F)cc2)n1CC1CCCO1. The van der Waals surface area contributed by atoms with Crippen molar-refractivity contribution < 1.29 is 13.9 Å². The van der Waals surface area contributed by atoms with Crippen LogP contribution in [0.5, 0.6) is 0 Å². The standard InChI is InChI=1S/C16H18FN3O2S/c1-11(21)10-23-16-19-18-15(12-4-6-13(17)7-5-12)20(16)9-14-3-2-8-22-14/h4-7,14H,2-3,8-10H2,1H3. The quantitative estimate of drug-likeness (QED) is 0.760. The first kappa shape index (κ1) is 16.1. The van der Waals surface area contributed by atoms with Gasteiger partial charge in [-0.05, 0) is 44.0 Å². The molecular weight excluding hydrogens is 317 g/mol.